The highest BCUT2D eigenvalue weighted by molar-refractivity contribution is 5.86. The first-order chi connectivity index (χ1) is 16.0. The van der Waals surface area contributed by atoms with Crippen LogP contribution >= 0.6 is 0 Å². The molecule has 1 saturated heterocycles. The fraction of sp³-hybridized carbons (Fsp3) is 0.259. The summed E-state index contributed by atoms with van der Waals surface area (Å²) in [6.45, 7) is 0.811. The number of amides is 2. The van der Waals surface area contributed by atoms with Crippen LogP contribution in [0.25, 0.3) is 11.1 Å². The summed E-state index contributed by atoms with van der Waals surface area (Å²) in [5.41, 5.74) is 8.54. The largest absolute Gasteiger partial charge is 0.497 e. The second kappa shape index (κ2) is 9.88. The van der Waals surface area contributed by atoms with Gasteiger partial charge < -0.3 is 20.1 Å². The minimum Gasteiger partial charge on any atom is -0.497 e. The average molecular weight is 445 g/mol. The van der Waals surface area contributed by atoms with Crippen LogP contribution in [0.2, 0.25) is 0 Å². The Balaban J connectivity index is 1.48. The lowest BCUT2D eigenvalue weighted by Crippen LogP contribution is -2.61. The van der Waals surface area contributed by atoms with Crippen LogP contribution in [0.4, 0.5) is 0 Å². The maximum Gasteiger partial charge on any atom is 0.251 e. The third kappa shape index (κ3) is 5.23. The Labute approximate surface area is 193 Å². The molecule has 1 heterocycles. The zero-order valence-electron chi connectivity index (χ0n) is 18.7. The van der Waals surface area contributed by atoms with E-state index in [1.165, 1.54) is 0 Å². The molecule has 4 rings (SSSR count). The standard InChI is InChI=1S/C27H28N2O4/c1-32-24-9-5-6-21(16-24)17-25(30)29-14-15-33-27(19-29,26(28)31)18-20-10-12-23(13-11-20)22-7-3-2-4-8-22/h2-13,16H,14-15,17-19H2,1H3,(H2,28,31). The Kier molecular flexibility index (Phi) is 6.75. The van der Waals surface area contributed by atoms with Gasteiger partial charge in [-0.15, -0.1) is 0 Å². The maximum atomic E-state index is 13.0. The molecule has 0 aromatic heterocycles. The van der Waals surface area contributed by atoms with Gasteiger partial charge in [-0.25, -0.2) is 0 Å². The predicted molar refractivity (Wildman–Crippen MR) is 127 cm³/mol. The van der Waals surface area contributed by atoms with Crippen LogP contribution in [0.15, 0.2) is 78.9 Å². The molecule has 0 saturated carbocycles. The summed E-state index contributed by atoms with van der Waals surface area (Å²) in [5.74, 6) is 0.0674. The maximum absolute atomic E-state index is 13.0. The number of carbonyl (C=O) groups excluding carboxylic acids is 2. The highest BCUT2D eigenvalue weighted by Gasteiger charge is 2.43. The zero-order valence-corrected chi connectivity index (χ0v) is 18.7. The fourth-order valence-electron chi connectivity index (χ4n) is 4.18. The van der Waals surface area contributed by atoms with Crippen molar-refractivity contribution in [2.45, 2.75) is 18.4 Å². The number of nitrogens with two attached hydrogens (primary N) is 1. The molecule has 3 aromatic carbocycles. The van der Waals surface area contributed by atoms with Gasteiger partial charge in [-0.2, -0.15) is 0 Å². The molecule has 1 unspecified atom stereocenters. The summed E-state index contributed by atoms with van der Waals surface area (Å²) in [5, 5.41) is 0. The highest BCUT2D eigenvalue weighted by Crippen LogP contribution is 2.26. The first kappa shape index (κ1) is 22.6. The molecule has 0 spiro atoms. The molecule has 0 aliphatic carbocycles. The Morgan fingerprint density at radius 1 is 0.970 bits per heavy atom. The lowest BCUT2D eigenvalue weighted by Gasteiger charge is -2.41. The number of nitrogens with zero attached hydrogens (tertiary/aromatic N) is 1. The number of ether oxygens (including phenoxy) is 2. The molecule has 1 aliphatic heterocycles. The molecule has 1 aliphatic rings. The first-order valence-corrected chi connectivity index (χ1v) is 11.0. The van der Waals surface area contributed by atoms with Crippen molar-refractivity contribution in [1.82, 2.24) is 4.90 Å². The topological polar surface area (TPSA) is 81.9 Å². The highest BCUT2D eigenvalue weighted by atomic mass is 16.5. The van der Waals surface area contributed by atoms with Crippen molar-refractivity contribution in [3.05, 3.63) is 90.0 Å². The molecule has 33 heavy (non-hydrogen) atoms. The number of morpholine rings is 1. The third-order valence-corrected chi connectivity index (χ3v) is 6.03. The molecule has 6 nitrogen and oxygen atoms in total. The number of primary amides is 1. The van der Waals surface area contributed by atoms with Gasteiger partial charge in [-0.1, -0.05) is 66.7 Å². The van der Waals surface area contributed by atoms with Crippen LogP contribution in [-0.4, -0.2) is 49.1 Å². The van der Waals surface area contributed by atoms with Gasteiger partial charge in [0.1, 0.15) is 5.75 Å². The number of hydrogen-bond donors (Lipinski definition) is 1. The first-order valence-electron chi connectivity index (χ1n) is 11.0. The van der Waals surface area contributed by atoms with Gasteiger partial charge in [0.15, 0.2) is 5.60 Å². The van der Waals surface area contributed by atoms with Crippen molar-refractivity contribution in [1.29, 1.82) is 0 Å². The van der Waals surface area contributed by atoms with Crippen molar-refractivity contribution >= 4 is 11.8 Å². The summed E-state index contributed by atoms with van der Waals surface area (Å²) in [6, 6.07) is 25.5. The van der Waals surface area contributed by atoms with Gasteiger partial charge in [0.25, 0.3) is 5.91 Å². The van der Waals surface area contributed by atoms with Gasteiger partial charge in [0.05, 0.1) is 26.7 Å². The van der Waals surface area contributed by atoms with Crippen LogP contribution in [0, 0.1) is 0 Å². The minimum absolute atomic E-state index is 0.0726. The molecule has 0 bridgehead atoms. The Hall–Kier alpha value is -3.64. The lowest BCUT2D eigenvalue weighted by atomic mass is 9.90. The van der Waals surface area contributed by atoms with Gasteiger partial charge in [-0.3, -0.25) is 9.59 Å². The molecule has 170 valence electrons. The number of hydrogen-bond acceptors (Lipinski definition) is 4. The van der Waals surface area contributed by atoms with E-state index in [-0.39, 0.29) is 25.5 Å². The summed E-state index contributed by atoms with van der Waals surface area (Å²) < 4.78 is 11.2. The van der Waals surface area contributed by atoms with Crippen molar-refractivity contribution in [2.75, 3.05) is 26.8 Å². The Morgan fingerprint density at radius 2 is 1.70 bits per heavy atom. The van der Waals surface area contributed by atoms with E-state index in [4.69, 9.17) is 15.2 Å². The normalized spacial score (nSPS) is 18.0. The molecule has 6 heteroatoms. The fourth-order valence-corrected chi connectivity index (χ4v) is 4.18. The van der Waals surface area contributed by atoms with E-state index >= 15 is 0 Å². The van der Waals surface area contributed by atoms with Crippen molar-refractivity contribution in [2.24, 2.45) is 5.73 Å². The Morgan fingerprint density at radius 3 is 2.39 bits per heavy atom. The van der Waals surface area contributed by atoms with Gasteiger partial charge >= 0.3 is 0 Å². The quantitative estimate of drug-likeness (QED) is 0.607. The molecule has 1 fully saturated rings. The smallest absolute Gasteiger partial charge is 0.251 e. The van der Waals surface area contributed by atoms with E-state index in [1.807, 2.05) is 66.7 Å². The predicted octanol–water partition coefficient (Wildman–Crippen LogP) is 3.23. The van der Waals surface area contributed by atoms with Crippen molar-refractivity contribution < 1.29 is 19.1 Å². The molecule has 1 atom stereocenters. The summed E-state index contributed by atoms with van der Waals surface area (Å²) in [7, 11) is 1.59. The monoisotopic (exact) mass is 444 g/mol. The molecule has 0 radical (unpaired) electrons. The van der Waals surface area contributed by atoms with Crippen molar-refractivity contribution in [3.8, 4) is 16.9 Å². The van der Waals surface area contributed by atoms with Crippen LogP contribution in [-0.2, 0) is 27.2 Å². The van der Waals surface area contributed by atoms with E-state index in [1.54, 1.807) is 12.0 Å². The second-order valence-corrected chi connectivity index (χ2v) is 8.29. The minimum atomic E-state index is -1.25. The van der Waals surface area contributed by atoms with Crippen molar-refractivity contribution in [3.63, 3.8) is 0 Å². The van der Waals surface area contributed by atoms with E-state index in [0.717, 1.165) is 22.3 Å². The number of methoxy groups -OCH3 is 1. The molecular weight excluding hydrogens is 416 g/mol. The summed E-state index contributed by atoms with van der Waals surface area (Å²) >= 11 is 0. The van der Waals surface area contributed by atoms with Gasteiger partial charge in [0.2, 0.25) is 5.91 Å². The molecular formula is C27H28N2O4. The van der Waals surface area contributed by atoms with E-state index in [9.17, 15) is 9.59 Å². The number of benzene rings is 3. The van der Waals surface area contributed by atoms with E-state index in [2.05, 4.69) is 12.1 Å². The van der Waals surface area contributed by atoms with Crippen LogP contribution < -0.4 is 10.5 Å². The third-order valence-electron chi connectivity index (χ3n) is 6.03. The molecule has 2 amide bonds. The van der Waals surface area contributed by atoms with Crippen LogP contribution in [0.5, 0.6) is 5.75 Å². The number of rotatable bonds is 7. The SMILES string of the molecule is COc1cccc(CC(=O)N2CCOC(Cc3ccc(-c4ccccc4)cc3)(C(N)=O)C2)c1. The van der Waals surface area contributed by atoms with E-state index < -0.39 is 11.5 Å². The zero-order chi connectivity index (χ0) is 23.3. The second-order valence-electron chi connectivity index (χ2n) is 8.29. The number of carbonyl (C=O) groups is 2. The lowest BCUT2D eigenvalue weighted by molar-refractivity contribution is -0.163. The van der Waals surface area contributed by atoms with E-state index in [0.29, 0.717) is 18.7 Å². The average Bonchev–Trinajstić information content (AvgIpc) is 2.85. The van der Waals surface area contributed by atoms with Crippen LogP contribution in [0.1, 0.15) is 11.1 Å². The van der Waals surface area contributed by atoms with Crippen LogP contribution in [0.3, 0.4) is 0 Å². The van der Waals surface area contributed by atoms with Gasteiger partial charge in [-0.05, 0) is 34.4 Å². The Bertz CT molecular complexity index is 1110. The van der Waals surface area contributed by atoms with Gasteiger partial charge in [0, 0.05) is 13.0 Å². The summed E-state index contributed by atoms with van der Waals surface area (Å²) in [4.78, 5) is 27.2. The molecule has 2 N–H and O–H groups in total. The molecule has 3 aromatic rings. The summed E-state index contributed by atoms with van der Waals surface area (Å²) in [6.07, 6.45) is 0.526.